The Morgan fingerprint density at radius 1 is 1.53 bits per heavy atom. The zero-order valence-corrected chi connectivity index (χ0v) is 11.1. The highest BCUT2D eigenvalue weighted by molar-refractivity contribution is 5.95. The van der Waals surface area contributed by atoms with Crippen LogP contribution in [0, 0.1) is 13.8 Å². The van der Waals surface area contributed by atoms with E-state index in [1.165, 1.54) is 0 Å². The van der Waals surface area contributed by atoms with Crippen molar-refractivity contribution in [2.75, 3.05) is 31.7 Å². The largest absolute Gasteiger partial charge is 0.478 e. The van der Waals surface area contributed by atoms with E-state index in [4.69, 9.17) is 9.47 Å². The highest BCUT2D eigenvalue weighted by Gasteiger charge is 2.18. The van der Waals surface area contributed by atoms with Crippen LogP contribution in [0.2, 0.25) is 0 Å². The van der Waals surface area contributed by atoms with Crippen LogP contribution in [0.4, 0.5) is 5.69 Å². The van der Waals surface area contributed by atoms with Crippen LogP contribution in [0.25, 0.3) is 0 Å². The van der Waals surface area contributed by atoms with Crippen molar-refractivity contribution in [2.45, 2.75) is 20.0 Å². The maximum absolute atomic E-state index is 11.3. The third kappa shape index (κ3) is 3.42. The number of anilines is 1. The quantitative estimate of drug-likeness (QED) is 0.853. The fraction of sp³-hybridized carbons (Fsp3) is 0.538. The normalized spacial score (nSPS) is 19.2. The third-order valence-corrected chi connectivity index (χ3v) is 2.95. The molecule has 0 saturated carbocycles. The molecule has 0 radical (unpaired) electrons. The Morgan fingerprint density at radius 3 is 2.95 bits per heavy atom. The van der Waals surface area contributed by atoms with E-state index in [1.54, 1.807) is 13.0 Å². The number of carbonyl (C=O) groups is 1. The summed E-state index contributed by atoms with van der Waals surface area (Å²) in [6, 6.07) is 1.74. The van der Waals surface area contributed by atoms with Crippen molar-refractivity contribution in [1.82, 2.24) is 4.98 Å². The predicted octanol–water partition coefficient (Wildman–Crippen LogP) is 1.22. The molecule has 2 rings (SSSR count). The third-order valence-electron chi connectivity index (χ3n) is 2.95. The van der Waals surface area contributed by atoms with E-state index < -0.39 is 5.97 Å². The fourth-order valence-electron chi connectivity index (χ4n) is 2.12. The number of pyridine rings is 1. The van der Waals surface area contributed by atoms with E-state index >= 15 is 0 Å². The second kappa shape index (κ2) is 5.99. The first-order chi connectivity index (χ1) is 9.08. The number of aryl methyl sites for hydroxylation is 2. The summed E-state index contributed by atoms with van der Waals surface area (Å²) in [5.74, 6) is -0.978. The monoisotopic (exact) mass is 266 g/mol. The molecule has 0 aromatic carbocycles. The number of aromatic carboxylic acids is 1. The lowest BCUT2D eigenvalue weighted by Crippen LogP contribution is -2.34. The standard InChI is InChI=1S/C13H18N2O4/c1-8-5-11(12(13(16)17)9(2)15-8)14-6-10-7-18-3-4-19-10/h5,10H,3-4,6-7H2,1-2H3,(H,14,15)(H,16,17). The molecule has 1 saturated heterocycles. The summed E-state index contributed by atoms with van der Waals surface area (Å²) in [6.45, 7) is 5.77. The molecule has 19 heavy (non-hydrogen) atoms. The average molecular weight is 266 g/mol. The second-order valence-corrected chi connectivity index (χ2v) is 4.53. The molecule has 1 aliphatic rings. The molecule has 1 atom stereocenters. The zero-order valence-electron chi connectivity index (χ0n) is 11.1. The second-order valence-electron chi connectivity index (χ2n) is 4.53. The summed E-state index contributed by atoms with van der Waals surface area (Å²) in [4.78, 5) is 15.4. The number of carboxylic acid groups (broad SMARTS) is 1. The van der Waals surface area contributed by atoms with Gasteiger partial charge in [-0.2, -0.15) is 0 Å². The lowest BCUT2D eigenvalue weighted by Gasteiger charge is -2.24. The first kappa shape index (κ1) is 13.8. The molecule has 1 aromatic rings. The summed E-state index contributed by atoms with van der Waals surface area (Å²) in [5.41, 5.74) is 2.08. The summed E-state index contributed by atoms with van der Waals surface area (Å²) in [5, 5.41) is 12.4. The van der Waals surface area contributed by atoms with Crippen LogP contribution in [0.5, 0.6) is 0 Å². The number of hydrogen-bond acceptors (Lipinski definition) is 5. The Morgan fingerprint density at radius 2 is 2.32 bits per heavy atom. The molecule has 1 aromatic heterocycles. The maximum Gasteiger partial charge on any atom is 0.339 e. The van der Waals surface area contributed by atoms with Gasteiger partial charge in [-0.3, -0.25) is 4.98 Å². The number of nitrogens with one attached hydrogen (secondary N) is 1. The maximum atomic E-state index is 11.3. The van der Waals surface area contributed by atoms with E-state index in [2.05, 4.69) is 10.3 Å². The fourth-order valence-corrected chi connectivity index (χ4v) is 2.12. The lowest BCUT2D eigenvalue weighted by molar-refractivity contribution is -0.0818. The van der Waals surface area contributed by atoms with Crippen LogP contribution >= 0.6 is 0 Å². The van der Waals surface area contributed by atoms with Crippen molar-refractivity contribution in [2.24, 2.45) is 0 Å². The van der Waals surface area contributed by atoms with Crippen molar-refractivity contribution in [3.05, 3.63) is 23.0 Å². The molecule has 2 N–H and O–H groups in total. The van der Waals surface area contributed by atoms with Gasteiger partial charge in [-0.1, -0.05) is 0 Å². The first-order valence-corrected chi connectivity index (χ1v) is 6.22. The van der Waals surface area contributed by atoms with Gasteiger partial charge in [0.2, 0.25) is 0 Å². The number of aromatic nitrogens is 1. The van der Waals surface area contributed by atoms with Gasteiger partial charge >= 0.3 is 5.97 Å². The summed E-state index contributed by atoms with van der Waals surface area (Å²) in [7, 11) is 0. The molecule has 0 aliphatic carbocycles. The van der Waals surface area contributed by atoms with Gasteiger partial charge < -0.3 is 19.9 Å². The van der Waals surface area contributed by atoms with Crippen molar-refractivity contribution in [1.29, 1.82) is 0 Å². The Kier molecular flexibility index (Phi) is 4.34. The molecule has 1 fully saturated rings. The van der Waals surface area contributed by atoms with Crippen LogP contribution in [0.1, 0.15) is 21.7 Å². The van der Waals surface area contributed by atoms with E-state index in [1.807, 2.05) is 6.92 Å². The highest BCUT2D eigenvalue weighted by atomic mass is 16.6. The van der Waals surface area contributed by atoms with Gasteiger partial charge in [-0.05, 0) is 19.9 Å². The van der Waals surface area contributed by atoms with E-state index in [-0.39, 0.29) is 11.7 Å². The van der Waals surface area contributed by atoms with Crippen LogP contribution in [-0.2, 0) is 9.47 Å². The van der Waals surface area contributed by atoms with Gasteiger partial charge in [0, 0.05) is 12.2 Å². The van der Waals surface area contributed by atoms with Crippen molar-refractivity contribution >= 4 is 11.7 Å². The van der Waals surface area contributed by atoms with Crippen LogP contribution in [-0.4, -0.2) is 48.5 Å². The van der Waals surface area contributed by atoms with Crippen LogP contribution in [0.3, 0.4) is 0 Å². The number of ether oxygens (including phenoxy) is 2. The van der Waals surface area contributed by atoms with Crippen molar-refractivity contribution in [3.63, 3.8) is 0 Å². The minimum absolute atomic E-state index is 0.0517. The van der Waals surface area contributed by atoms with Gasteiger partial charge in [0.15, 0.2) is 0 Å². The number of rotatable bonds is 4. The number of carboxylic acids is 1. The first-order valence-electron chi connectivity index (χ1n) is 6.22. The van der Waals surface area contributed by atoms with Gasteiger partial charge in [0.25, 0.3) is 0 Å². The molecule has 0 bridgehead atoms. The molecule has 0 spiro atoms. The SMILES string of the molecule is Cc1cc(NCC2COCCO2)c(C(=O)O)c(C)n1. The summed E-state index contributed by atoms with van der Waals surface area (Å²) in [6.07, 6.45) is -0.0517. The number of hydrogen-bond donors (Lipinski definition) is 2. The molecule has 1 aliphatic heterocycles. The predicted molar refractivity (Wildman–Crippen MR) is 69.7 cm³/mol. The van der Waals surface area contributed by atoms with E-state index in [0.29, 0.717) is 37.7 Å². The smallest absolute Gasteiger partial charge is 0.339 e. The molecule has 6 heteroatoms. The van der Waals surface area contributed by atoms with Gasteiger partial charge in [-0.15, -0.1) is 0 Å². The van der Waals surface area contributed by atoms with Crippen molar-refractivity contribution < 1.29 is 19.4 Å². The van der Waals surface area contributed by atoms with Crippen LogP contribution < -0.4 is 5.32 Å². The van der Waals surface area contributed by atoms with E-state index in [0.717, 1.165) is 5.69 Å². The molecular formula is C13H18N2O4. The van der Waals surface area contributed by atoms with Crippen molar-refractivity contribution in [3.8, 4) is 0 Å². The molecule has 6 nitrogen and oxygen atoms in total. The summed E-state index contributed by atoms with van der Waals surface area (Å²) < 4.78 is 10.8. The molecule has 0 amide bonds. The molecule has 104 valence electrons. The lowest BCUT2D eigenvalue weighted by atomic mass is 10.1. The van der Waals surface area contributed by atoms with Gasteiger partial charge in [0.05, 0.1) is 37.3 Å². The average Bonchev–Trinajstić information content (AvgIpc) is 2.36. The minimum atomic E-state index is -0.978. The molecular weight excluding hydrogens is 248 g/mol. The summed E-state index contributed by atoms with van der Waals surface area (Å²) >= 11 is 0. The van der Waals surface area contributed by atoms with E-state index in [9.17, 15) is 9.90 Å². The highest BCUT2D eigenvalue weighted by Crippen LogP contribution is 2.20. The topological polar surface area (TPSA) is 80.7 Å². The molecule has 1 unspecified atom stereocenters. The Labute approximate surface area is 111 Å². The van der Waals surface area contributed by atoms with Gasteiger partial charge in [0.1, 0.15) is 5.56 Å². The Hall–Kier alpha value is -1.66. The minimum Gasteiger partial charge on any atom is -0.478 e. The Balaban J connectivity index is 2.12. The van der Waals surface area contributed by atoms with Gasteiger partial charge in [-0.25, -0.2) is 4.79 Å². The Bertz CT molecular complexity index is 470. The zero-order chi connectivity index (χ0) is 13.8. The number of nitrogens with zero attached hydrogens (tertiary/aromatic N) is 1. The molecule has 2 heterocycles. The van der Waals surface area contributed by atoms with Crippen LogP contribution in [0.15, 0.2) is 6.07 Å².